The summed E-state index contributed by atoms with van der Waals surface area (Å²) in [6.07, 6.45) is -1.20. The van der Waals surface area contributed by atoms with Crippen LogP contribution in [-0.2, 0) is 14.9 Å². The highest BCUT2D eigenvalue weighted by atomic mass is 79.9. The number of hydrogen-bond acceptors (Lipinski definition) is 8. The number of ether oxygens (including phenoxy) is 4. The Morgan fingerprint density at radius 3 is 1.32 bits per heavy atom. The minimum Gasteiger partial charge on any atom is -0.488 e. The van der Waals surface area contributed by atoms with Gasteiger partial charge in [-0.1, -0.05) is 13.8 Å². The molecule has 2 aromatic rings. The first-order valence-corrected chi connectivity index (χ1v) is 16.9. The fourth-order valence-corrected chi connectivity index (χ4v) is 7.74. The van der Waals surface area contributed by atoms with Crippen molar-refractivity contribution in [3.8, 4) is 11.5 Å². The number of aliphatic hydroxyl groups excluding tert-OH is 2. The predicted molar refractivity (Wildman–Crippen MR) is 173 cm³/mol. The zero-order chi connectivity index (χ0) is 29.6. The first-order chi connectivity index (χ1) is 19.5. The molecule has 4 rings (SSSR count). The number of nitrogens with zero attached hydrogens (tertiary/aromatic N) is 2. The van der Waals surface area contributed by atoms with Gasteiger partial charge < -0.3 is 29.2 Å². The van der Waals surface area contributed by atoms with Gasteiger partial charge in [0.1, 0.15) is 36.9 Å². The second-order valence-corrected chi connectivity index (χ2v) is 14.3. The highest BCUT2D eigenvalue weighted by molar-refractivity contribution is 9.11. The highest BCUT2D eigenvalue weighted by Crippen LogP contribution is 2.44. The van der Waals surface area contributed by atoms with E-state index in [-0.39, 0.29) is 18.6 Å². The molecule has 2 aliphatic rings. The van der Waals surface area contributed by atoms with Crippen molar-refractivity contribution in [2.24, 2.45) is 0 Å². The van der Waals surface area contributed by atoms with Gasteiger partial charge in [-0.05, 0) is 99.1 Å². The van der Waals surface area contributed by atoms with E-state index in [1.54, 1.807) is 0 Å². The second kappa shape index (κ2) is 15.6. The van der Waals surface area contributed by atoms with Gasteiger partial charge in [-0.2, -0.15) is 0 Å². The standard InChI is InChI=1S/C29H38Br4N2O6/c1-29(2,19-11-23(30)27(24(31)12-19)40-17-21(36)15-34-3-7-38-8-4-34)20-13-25(32)28(26(33)14-20)41-18-22(37)16-35-5-9-39-10-6-35/h11-14,21-22,36-37H,3-10,15-18H2,1-2H3/t21-,22+. The molecule has 12 heteroatoms. The topological polar surface area (TPSA) is 83.9 Å². The van der Waals surface area contributed by atoms with Crippen molar-refractivity contribution in [1.29, 1.82) is 0 Å². The summed E-state index contributed by atoms with van der Waals surface area (Å²) < 4.78 is 26.0. The number of β-amino-alcohol motifs (C(OH)–C–C–N with tert-alkyl or cyclic N) is 2. The lowest BCUT2D eigenvalue weighted by atomic mass is 9.78. The molecular weight excluding hydrogens is 792 g/mol. The van der Waals surface area contributed by atoms with E-state index in [0.29, 0.717) is 51.0 Å². The number of aliphatic hydroxyl groups is 2. The number of morpholine rings is 2. The Hall–Kier alpha value is -0.280. The lowest BCUT2D eigenvalue weighted by molar-refractivity contribution is 0.00439. The van der Waals surface area contributed by atoms with Gasteiger partial charge in [0.15, 0.2) is 0 Å². The average Bonchev–Trinajstić information content (AvgIpc) is 2.93. The first kappa shape index (κ1) is 33.6. The molecule has 0 unspecified atom stereocenters. The molecule has 0 bridgehead atoms. The van der Waals surface area contributed by atoms with E-state index in [2.05, 4.69) is 112 Å². The van der Waals surface area contributed by atoms with Crippen molar-refractivity contribution in [2.75, 3.05) is 78.9 Å². The number of rotatable bonds is 12. The maximum Gasteiger partial charge on any atom is 0.147 e. The van der Waals surface area contributed by atoms with Crippen molar-refractivity contribution in [2.45, 2.75) is 31.5 Å². The van der Waals surface area contributed by atoms with Gasteiger partial charge in [0, 0.05) is 44.7 Å². The summed E-state index contributed by atoms with van der Waals surface area (Å²) in [7, 11) is 0. The first-order valence-electron chi connectivity index (χ1n) is 13.8. The summed E-state index contributed by atoms with van der Waals surface area (Å²) in [5.41, 5.74) is 1.79. The molecule has 228 valence electrons. The Morgan fingerprint density at radius 2 is 1.00 bits per heavy atom. The molecule has 0 aromatic heterocycles. The van der Waals surface area contributed by atoms with Crippen LogP contribution in [0.25, 0.3) is 0 Å². The third-order valence-corrected chi connectivity index (χ3v) is 9.78. The Kier molecular flexibility index (Phi) is 12.8. The monoisotopic (exact) mass is 826 g/mol. The molecule has 2 aromatic carbocycles. The Balaban J connectivity index is 1.40. The zero-order valence-electron chi connectivity index (χ0n) is 23.4. The van der Waals surface area contributed by atoms with Gasteiger partial charge in [0.05, 0.1) is 44.3 Å². The maximum atomic E-state index is 10.5. The molecule has 2 fully saturated rings. The summed E-state index contributed by atoms with van der Waals surface area (Å²) in [5.74, 6) is 1.32. The van der Waals surface area contributed by atoms with Crippen LogP contribution in [0.4, 0.5) is 0 Å². The Bertz CT molecular complexity index is 1020. The smallest absolute Gasteiger partial charge is 0.147 e. The van der Waals surface area contributed by atoms with Gasteiger partial charge in [0.25, 0.3) is 0 Å². The van der Waals surface area contributed by atoms with Crippen molar-refractivity contribution in [1.82, 2.24) is 9.80 Å². The molecule has 0 radical (unpaired) electrons. The van der Waals surface area contributed by atoms with E-state index >= 15 is 0 Å². The van der Waals surface area contributed by atoms with E-state index in [0.717, 1.165) is 55.2 Å². The Labute approximate surface area is 276 Å². The average molecular weight is 830 g/mol. The summed E-state index contributed by atoms with van der Waals surface area (Å²) >= 11 is 14.7. The molecule has 0 saturated carbocycles. The van der Waals surface area contributed by atoms with Crippen LogP contribution in [0.2, 0.25) is 0 Å². The third-order valence-electron chi connectivity index (χ3n) is 7.43. The number of halogens is 4. The number of benzene rings is 2. The molecule has 41 heavy (non-hydrogen) atoms. The highest BCUT2D eigenvalue weighted by Gasteiger charge is 2.28. The number of hydrogen-bond donors (Lipinski definition) is 2. The molecule has 2 N–H and O–H groups in total. The van der Waals surface area contributed by atoms with E-state index in [4.69, 9.17) is 18.9 Å². The quantitative estimate of drug-likeness (QED) is 0.302. The molecule has 0 aliphatic carbocycles. The fourth-order valence-electron chi connectivity index (χ4n) is 4.91. The normalized spacial score (nSPS) is 18.7. The van der Waals surface area contributed by atoms with E-state index in [1.807, 2.05) is 0 Å². The van der Waals surface area contributed by atoms with Crippen molar-refractivity contribution >= 4 is 63.7 Å². The van der Waals surface area contributed by atoms with Gasteiger partial charge in [-0.25, -0.2) is 0 Å². The molecule has 2 aliphatic heterocycles. The second-order valence-electron chi connectivity index (χ2n) is 10.9. The summed E-state index contributed by atoms with van der Waals surface area (Å²) in [6.45, 7) is 11.9. The molecule has 8 nitrogen and oxygen atoms in total. The lowest BCUT2D eigenvalue weighted by Crippen LogP contribution is -2.42. The van der Waals surface area contributed by atoms with Crippen LogP contribution >= 0.6 is 63.7 Å². The van der Waals surface area contributed by atoms with Crippen molar-refractivity contribution in [3.63, 3.8) is 0 Å². The van der Waals surface area contributed by atoms with Crippen LogP contribution in [0.5, 0.6) is 11.5 Å². The fraction of sp³-hybridized carbons (Fsp3) is 0.586. The zero-order valence-corrected chi connectivity index (χ0v) is 29.7. The molecule has 2 heterocycles. The SMILES string of the molecule is CC(C)(c1cc(Br)c(OC[C@@H](O)CN2CCOCC2)c(Br)c1)c1cc(Br)c(OC[C@H](O)CN2CCOCC2)c(Br)c1. The van der Waals surface area contributed by atoms with E-state index in [9.17, 15) is 10.2 Å². The third kappa shape index (κ3) is 9.36. The van der Waals surface area contributed by atoms with Crippen LogP contribution in [0, 0.1) is 0 Å². The van der Waals surface area contributed by atoms with Gasteiger partial charge in [-0.3, -0.25) is 9.80 Å². The molecule has 2 saturated heterocycles. The predicted octanol–water partition coefficient (Wildman–Crippen LogP) is 5.21. The van der Waals surface area contributed by atoms with Crippen molar-refractivity contribution in [3.05, 3.63) is 53.3 Å². The van der Waals surface area contributed by atoms with Crippen LogP contribution in [0.15, 0.2) is 42.2 Å². The molecular formula is C29H38Br4N2O6. The van der Waals surface area contributed by atoms with Gasteiger partial charge in [0.2, 0.25) is 0 Å². The van der Waals surface area contributed by atoms with E-state index < -0.39 is 12.2 Å². The minimum absolute atomic E-state index is 0.194. The van der Waals surface area contributed by atoms with Gasteiger partial charge in [-0.15, -0.1) is 0 Å². The van der Waals surface area contributed by atoms with Crippen LogP contribution in [0.3, 0.4) is 0 Å². The largest absolute Gasteiger partial charge is 0.488 e. The van der Waals surface area contributed by atoms with Crippen molar-refractivity contribution < 1.29 is 29.2 Å². The minimum atomic E-state index is -0.598. The summed E-state index contributed by atoms with van der Waals surface area (Å²) in [4.78, 5) is 4.38. The Morgan fingerprint density at radius 1 is 0.683 bits per heavy atom. The lowest BCUT2D eigenvalue weighted by Gasteiger charge is -2.30. The van der Waals surface area contributed by atoms with E-state index in [1.165, 1.54) is 0 Å². The van der Waals surface area contributed by atoms with Crippen LogP contribution in [-0.4, -0.2) is 111 Å². The molecule has 2 atom stereocenters. The molecule has 0 amide bonds. The summed E-state index contributed by atoms with van der Waals surface area (Å²) in [6, 6.07) is 8.23. The van der Waals surface area contributed by atoms with Gasteiger partial charge >= 0.3 is 0 Å². The van der Waals surface area contributed by atoms with Crippen LogP contribution in [0.1, 0.15) is 25.0 Å². The maximum absolute atomic E-state index is 10.5. The summed E-state index contributed by atoms with van der Waals surface area (Å²) in [5, 5.41) is 21.0. The van der Waals surface area contributed by atoms with Crippen LogP contribution < -0.4 is 9.47 Å². The molecule has 0 spiro atoms.